The lowest BCUT2D eigenvalue weighted by atomic mass is 9.95. The van der Waals surface area contributed by atoms with E-state index < -0.39 is 0 Å². The maximum atomic E-state index is 12.7. The van der Waals surface area contributed by atoms with Gasteiger partial charge in [-0.15, -0.1) is 0 Å². The summed E-state index contributed by atoms with van der Waals surface area (Å²) in [6.07, 6.45) is 2.21. The largest absolute Gasteiger partial charge is 0.497 e. The highest BCUT2D eigenvalue weighted by Gasteiger charge is 2.26. The predicted octanol–water partition coefficient (Wildman–Crippen LogP) is 3.85. The Morgan fingerprint density at radius 1 is 1.26 bits per heavy atom. The number of oxazole rings is 1. The molecule has 138 valence electrons. The third-order valence-electron chi connectivity index (χ3n) is 4.54. The van der Waals surface area contributed by atoms with Crippen LogP contribution in [0.15, 0.2) is 53.1 Å². The third kappa shape index (κ3) is 3.65. The van der Waals surface area contributed by atoms with Crippen molar-refractivity contribution in [1.82, 2.24) is 4.98 Å². The number of anilines is 1. The molecule has 1 aliphatic heterocycles. The maximum absolute atomic E-state index is 12.7. The average molecular weight is 364 g/mol. The van der Waals surface area contributed by atoms with Crippen molar-refractivity contribution in [2.24, 2.45) is 5.92 Å². The number of amides is 1. The number of aromatic nitrogens is 1. The lowest BCUT2D eigenvalue weighted by Gasteiger charge is -2.25. The summed E-state index contributed by atoms with van der Waals surface area (Å²) >= 11 is 0. The van der Waals surface area contributed by atoms with E-state index in [1.54, 1.807) is 13.4 Å². The molecule has 1 aromatic heterocycles. The van der Waals surface area contributed by atoms with E-state index in [1.165, 1.54) is 0 Å². The number of ether oxygens (including phenoxy) is 2. The number of nitrogens with zero attached hydrogens (tertiary/aromatic N) is 1. The molecule has 3 aromatic rings. The highest BCUT2D eigenvalue weighted by molar-refractivity contribution is 5.93. The number of hydrogen-bond acceptors (Lipinski definition) is 5. The van der Waals surface area contributed by atoms with Crippen molar-refractivity contribution in [1.29, 1.82) is 0 Å². The molecular formula is C21H20N2O4. The van der Waals surface area contributed by atoms with Crippen LogP contribution in [0.4, 0.5) is 5.69 Å². The van der Waals surface area contributed by atoms with Gasteiger partial charge < -0.3 is 19.2 Å². The van der Waals surface area contributed by atoms with Crippen LogP contribution in [0.5, 0.6) is 11.5 Å². The molecule has 0 saturated heterocycles. The fraction of sp³-hybridized carbons (Fsp3) is 0.238. The Morgan fingerprint density at radius 2 is 2.15 bits per heavy atom. The first-order chi connectivity index (χ1) is 13.1. The predicted molar refractivity (Wildman–Crippen MR) is 101 cm³/mol. The Bertz CT molecular complexity index is 980. The van der Waals surface area contributed by atoms with Gasteiger partial charge in [0.25, 0.3) is 0 Å². The lowest BCUT2D eigenvalue weighted by Crippen LogP contribution is -2.32. The van der Waals surface area contributed by atoms with Crippen molar-refractivity contribution in [2.75, 3.05) is 19.0 Å². The smallest absolute Gasteiger partial charge is 0.231 e. The normalized spacial score (nSPS) is 15.6. The number of nitrogens with one attached hydrogen (secondary N) is 1. The standard InChI is InChI=1S/C21H20N2O4/c1-13-11-27-21(22-13)14-4-3-5-17(9-14)23-20(24)16-8-15-10-18(25-2)6-7-19(15)26-12-16/h3-7,9-11,16H,8,12H2,1-2H3,(H,23,24). The molecule has 6 nitrogen and oxygen atoms in total. The van der Waals surface area contributed by atoms with Gasteiger partial charge in [-0.1, -0.05) is 6.07 Å². The van der Waals surface area contributed by atoms with E-state index in [9.17, 15) is 4.79 Å². The zero-order chi connectivity index (χ0) is 18.8. The fourth-order valence-corrected chi connectivity index (χ4v) is 3.13. The van der Waals surface area contributed by atoms with Crippen LogP contribution in [0.3, 0.4) is 0 Å². The number of hydrogen-bond donors (Lipinski definition) is 1. The zero-order valence-corrected chi connectivity index (χ0v) is 15.2. The monoisotopic (exact) mass is 364 g/mol. The molecule has 2 heterocycles. The van der Waals surface area contributed by atoms with Gasteiger partial charge in [-0.25, -0.2) is 4.98 Å². The van der Waals surface area contributed by atoms with Gasteiger partial charge in [0.1, 0.15) is 24.4 Å². The molecule has 4 rings (SSSR count). The van der Waals surface area contributed by atoms with Gasteiger partial charge in [0.05, 0.1) is 18.7 Å². The van der Waals surface area contributed by atoms with Gasteiger partial charge >= 0.3 is 0 Å². The Labute approximate surface area is 157 Å². The van der Waals surface area contributed by atoms with Gasteiger partial charge in [-0.05, 0) is 55.3 Å². The van der Waals surface area contributed by atoms with Crippen molar-refractivity contribution in [2.45, 2.75) is 13.3 Å². The molecule has 1 amide bonds. The van der Waals surface area contributed by atoms with Crippen LogP contribution >= 0.6 is 0 Å². The van der Waals surface area contributed by atoms with Crippen LogP contribution in [0.25, 0.3) is 11.5 Å². The number of aryl methyl sites for hydroxylation is 1. The average Bonchev–Trinajstić information content (AvgIpc) is 3.13. The molecule has 0 spiro atoms. The molecule has 0 radical (unpaired) electrons. The summed E-state index contributed by atoms with van der Waals surface area (Å²) in [5.41, 5.74) is 3.30. The number of benzene rings is 2. The summed E-state index contributed by atoms with van der Waals surface area (Å²) in [5, 5.41) is 2.97. The second-order valence-electron chi connectivity index (χ2n) is 6.55. The topological polar surface area (TPSA) is 73.6 Å². The van der Waals surface area contributed by atoms with Crippen molar-refractivity contribution >= 4 is 11.6 Å². The summed E-state index contributed by atoms with van der Waals surface area (Å²) in [6, 6.07) is 13.1. The van der Waals surface area contributed by atoms with Gasteiger partial charge in [-0.2, -0.15) is 0 Å². The minimum atomic E-state index is -0.266. The number of carbonyl (C=O) groups excluding carboxylic acids is 1. The molecule has 27 heavy (non-hydrogen) atoms. The lowest BCUT2D eigenvalue weighted by molar-refractivity contribution is -0.121. The maximum Gasteiger partial charge on any atom is 0.231 e. The molecule has 0 aliphatic carbocycles. The first-order valence-corrected chi connectivity index (χ1v) is 8.75. The summed E-state index contributed by atoms with van der Waals surface area (Å²) in [5.74, 6) is 1.75. The Balaban J connectivity index is 1.48. The molecular weight excluding hydrogens is 344 g/mol. The molecule has 0 fully saturated rings. The number of fused-ring (bicyclic) bond motifs is 1. The first kappa shape index (κ1) is 17.1. The Hall–Kier alpha value is -3.28. The van der Waals surface area contributed by atoms with E-state index in [1.807, 2.05) is 49.4 Å². The minimum absolute atomic E-state index is 0.0794. The quantitative estimate of drug-likeness (QED) is 0.761. The van der Waals surface area contributed by atoms with Gasteiger partial charge in [0.15, 0.2) is 0 Å². The van der Waals surface area contributed by atoms with Gasteiger partial charge in [-0.3, -0.25) is 4.79 Å². The highest BCUT2D eigenvalue weighted by Crippen LogP contribution is 2.31. The third-order valence-corrected chi connectivity index (χ3v) is 4.54. The van der Waals surface area contributed by atoms with E-state index in [0.29, 0.717) is 24.6 Å². The fourth-order valence-electron chi connectivity index (χ4n) is 3.13. The van der Waals surface area contributed by atoms with E-state index in [4.69, 9.17) is 13.9 Å². The summed E-state index contributed by atoms with van der Waals surface area (Å²) in [6.45, 7) is 2.22. The van der Waals surface area contributed by atoms with E-state index in [0.717, 1.165) is 28.3 Å². The molecule has 0 bridgehead atoms. The molecule has 1 unspecified atom stereocenters. The molecule has 6 heteroatoms. The van der Waals surface area contributed by atoms with Crippen molar-refractivity contribution in [3.8, 4) is 23.0 Å². The number of methoxy groups -OCH3 is 1. The zero-order valence-electron chi connectivity index (χ0n) is 15.2. The summed E-state index contributed by atoms with van der Waals surface area (Å²) in [4.78, 5) is 17.0. The Morgan fingerprint density at radius 3 is 2.93 bits per heavy atom. The second-order valence-corrected chi connectivity index (χ2v) is 6.55. The summed E-state index contributed by atoms with van der Waals surface area (Å²) < 4.78 is 16.4. The van der Waals surface area contributed by atoms with E-state index >= 15 is 0 Å². The van der Waals surface area contributed by atoms with Crippen molar-refractivity contribution < 1.29 is 18.7 Å². The van der Waals surface area contributed by atoms with Crippen LogP contribution in [0.2, 0.25) is 0 Å². The number of carbonyl (C=O) groups is 1. The molecule has 1 aliphatic rings. The SMILES string of the molecule is COc1ccc2c(c1)CC(C(=O)Nc1cccc(-c3nc(C)co3)c1)CO2. The molecule has 1 N–H and O–H groups in total. The van der Waals surface area contributed by atoms with Crippen LogP contribution in [0.1, 0.15) is 11.3 Å². The summed E-state index contributed by atoms with van der Waals surface area (Å²) in [7, 11) is 1.62. The molecule has 1 atom stereocenters. The van der Waals surface area contributed by atoms with Gasteiger partial charge in [0, 0.05) is 11.3 Å². The van der Waals surface area contributed by atoms with Crippen LogP contribution in [0, 0.1) is 12.8 Å². The van der Waals surface area contributed by atoms with Crippen molar-refractivity contribution in [3.05, 3.63) is 60.0 Å². The first-order valence-electron chi connectivity index (χ1n) is 8.75. The van der Waals surface area contributed by atoms with Crippen LogP contribution in [-0.2, 0) is 11.2 Å². The van der Waals surface area contributed by atoms with Crippen LogP contribution in [-0.4, -0.2) is 24.6 Å². The number of rotatable bonds is 4. The van der Waals surface area contributed by atoms with E-state index in [-0.39, 0.29) is 11.8 Å². The van der Waals surface area contributed by atoms with Crippen molar-refractivity contribution in [3.63, 3.8) is 0 Å². The highest BCUT2D eigenvalue weighted by atomic mass is 16.5. The Kier molecular flexibility index (Phi) is 4.54. The second kappa shape index (κ2) is 7.15. The molecule has 0 saturated carbocycles. The van der Waals surface area contributed by atoms with Gasteiger partial charge in [0.2, 0.25) is 11.8 Å². The molecule has 2 aromatic carbocycles. The minimum Gasteiger partial charge on any atom is -0.497 e. The van der Waals surface area contributed by atoms with E-state index in [2.05, 4.69) is 10.3 Å². The van der Waals surface area contributed by atoms with Crippen LogP contribution < -0.4 is 14.8 Å².